The number of pyridine rings is 1. The minimum Gasteiger partial charge on any atom is -0.493 e. The van der Waals surface area contributed by atoms with Gasteiger partial charge in [0.2, 0.25) is 5.90 Å². The van der Waals surface area contributed by atoms with E-state index in [1.54, 1.807) is 38.6 Å². The van der Waals surface area contributed by atoms with Crippen LogP contribution in [0, 0.1) is 22.7 Å². The fourth-order valence-electron chi connectivity index (χ4n) is 3.66. The number of halogens is 2. The number of rotatable bonds is 3. The molecule has 0 saturated heterocycles. The van der Waals surface area contributed by atoms with E-state index in [-0.39, 0.29) is 5.90 Å². The Morgan fingerprint density at radius 2 is 2.07 bits per heavy atom. The SMILES string of the molecule is COc1cc(C2c3cc(Cl)c4cccnc4c3OC(=N)C2C#N)cc(Br)c1OC. The maximum atomic E-state index is 9.81. The van der Waals surface area contributed by atoms with Gasteiger partial charge in [0.25, 0.3) is 0 Å². The zero-order valence-electron chi connectivity index (χ0n) is 15.5. The van der Waals surface area contributed by atoms with Crippen molar-refractivity contribution in [2.45, 2.75) is 5.92 Å². The number of hydrogen-bond donors (Lipinski definition) is 1. The van der Waals surface area contributed by atoms with Crippen molar-refractivity contribution in [2.75, 3.05) is 14.2 Å². The lowest BCUT2D eigenvalue weighted by Gasteiger charge is -2.31. The molecule has 0 bridgehead atoms. The van der Waals surface area contributed by atoms with Gasteiger partial charge in [0.15, 0.2) is 17.2 Å². The lowest BCUT2D eigenvalue weighted by molar-refractivity contribution is 0.352. The molecule has 2 aromatic carbocycles. The first kappa shape index (κ1) is 19.5. The molecule has 6 nitrogen and oxygen atoms in total. The van der Waals surface area contributed by atoms with Crippen molar-refractivity contribution in [1.82, 2.24) is 4.98 Å². The van der Waals surface area contributed by atoms with Crippen LogP contribution in [0.4, 0.5) is 0 Å². The molecule has 1 aliphatic heterocycles. The summed E-state index contributed by atoms with van der Waals surface area (Å²) in [5.74, 6) is 0.0482. The van der Waals surface area contributed by atoms with E-state index in [0.717, 1.165) is 10.9 Å². The second-order valence-electron chi connectivity index (χ2n) is 6.47. The molecule has 1 aromatic heterocycles. The van der Waals surface area contributed by atoms with E-state index in [2.05, 4.69) is 27.0 Å². The molecule has 0 aliphatic carbocycles. The second-order valence-corrected chi connectivity index (χ2v) is 7.73. The number of nitrogens with zero attached hydrogens (tertiary/aromatic N) is 2. The highest BCUT2D eigenvalue weighted by Gasteiger charge is 2.39. The van der Waals surface area contributed by atoms with Crippen LogP contribution >= 0.6 is 27.5 Å². The van der Waals surface area contributed by atoms with Crippen molar-refractivity contribution < 1.29 is 14.2 Å². The Morgan fingerprint density at radius 3 is 2.76 bits per heavy atom. The summed E-state index contributed by atoms with van der Waals surface area (Å²) < 4.78 is 17.3. The quantitative estimate of drug-likeness (QED) is 0.558. The molecule has 1 aliphatic rings. The van der Waals surface area contributed by atoms with Gasteiger partial charge in [-0.15, -0.1) is 0 Å². The zero-order chi connectivity index (χ0) is 20.7. The maximum Gasteiger partial charge on any atom is 0.205 e. The third-order valence-electron chi connectivity index (χ3n) is 4.94. The Labute approximate surface area is 180 Å². The smallest absolute Gasteiger partial charge is 0.205 e. The summed E-state index contributed by atoms with van der Waals surface area (Å²) in [5, 5.41) is 19.4. The topological polar surface area (TPSA) is 88.2 Å². The van der Waals surface area contributed by atoms with Crippen LogP contribution in [-0.4, -0.2) is 25.1 Å². The maximum absolute atomic E-state index is 9.81. The summed E-state index contributed by atoms with van der Waals surface area (Å²) in [5.41, 5.74) is 2.02. The number of nitrogens with one attached hydrogen (secondary N) is 1. The van der Waals surface area contributed by atoms with Gasteiger partial charge in [-0.1, -0.05) is 11.6 Å². The van der Waals surface area contributed by atoms with Gasteiger partial charge in [-0.3, -0.25) is 10.4 Å². The van der Waals surface area contributed by atoms with Gasteiger partial charge in [-0.05, 0) is 51.8 Å². The molecule has 29 heavy (non-hydrogen) atoms. The third-order valence-corrected chi connectivity index (χ3v) is 5.84. The average Bonchev–Trinajstić information content (AvgIpc) is 2.73. The fraction of sp³-hybridized carbons (Fsp3) is 0.190. The summed E-state index contributed by atoms with van der Waals surface area (Å²) >= 11 is 10.0. The highest BCUT2D eigenvalue weighted by Crippen LogP contribution is 2.49. The van der Waals surface area contributed by atoms with Crippen molar-refractivity contribution in [2.24, 2.45) is 5.92 Å². The molecular weight excluding hydrogens is 458 g/mol. The molecule has 8 heteroatoms. The second kappa shape index (κ2) is 7.54. The van der Waals surface area contributed by atoms with Crippen molar-refractivity contribution in [3.63, 3.8) is 0 Å². The van der Waals surface area contributed by atoms with Crippen LogP contribution in [0.15, 0.2) is 41.0 Å². The van der Waals surface area contributed by atoms with Crippen molar-refractivity contribution >= 4 is 44.3 Å². The van der Waals surface area contributed by atoms with E-state index >= 15 is 0 Å². The number of methoxy groups -OCH3 is 2. The van der Waals surface area contributed by atoms with Crippen LogP contribution in [0.25, 0.3) is 10.9 Å². The Kier molecular flexibility index (Phi) is 5.07. The lowest BCUT2D eigenvalue weighted by Crippen LogP contribution is -2.31. The highest BCUT2D eigenvalue weighted by molar-refractivity contribution is 9.10. The average molecular weight is 473 g/mol. The molecule has 1 N–H and O–H groups in total. The first-order chi connectivity index (χ1) is 14.0. The van der Waals surface area contributed by atoms with Gasteiger partial charge in [0.1, 0.15) is 11.4 Å². The number of nitriles is 1. The molecule has 4 rings (SSSR count). The lowest BCUT2D eigenvalue weighted by atomic mass is 9.78. The summed E-state index contributed by atoms with van der Waals surface area (Å²) in [6.45, 7) is 0. The minimum atomic E-state index is -0.829. The van der Waals surface area contributed by atoms with Crippen molar-refractivity contribution in [3.05, 3.63) is 57.2 Å². The highest BCUT2D eigenvalue weighted by atomic mass is 79.9. The van der Waals surface area contributed by atoms with Crippen LogP contribution < -0.4 is 14.2 Å². The van der Waals surface area contributed by atoms with E-state index in [1.165, 1.54) is 0 Å². The third kappa shape index (κ3) is 3.09. The number of fused-ring (bicyclic) bond motifs is 3. The monoisotopic (exact) mass is 471 g/mol. The molecule has 0 spiro atoms. The summed E-state index contributed by atoms with van der Waals surface area (Å²) in [7, 11) is 3.10. The van der Waals surface area contributed by atoms with Gasteiger partial charge in [-0.2, -0.15) is 5.26 Å². The Bertz CT molecular complexity index is 1190. The standard InChI is InChI=1S/C21H15BrClN3O3/c1-27-16-7-10(6-14(22)20(16)28-2)17-12-8-15(23)11-4-3-5-26-18(11)19(12)29-21(25)13(17)9-24/h3-8,13,17,25H,1-2H3. The van der Waals surface area contributed by atoms with Gasteiger partial charge in [0.05, 0.1) is 29.8 Å². The Balaban J connectivity index is 2.02. The zero-order valence-corrected chi connectivity index (χ0v) is 17.8. The van der Waals surface area contributed by atoms with E-state index in [9.17, 15) is 5.26 Å². The number of ether oxygens (including phenoxy) is 3. The number of aromatic nitrogens is 1. The molecule has 2 unspecified atom stereocenters. The summed E-state index contributed by atoms with van der Waals surface area (Å²) in [6, 6.07) is 11.3. The molecule has 2 heterocycles. The minimum absolute atomic E-state index is 0.134. The first-order valence-electron chi connectivity index (χ1n) is 8.64. The Morgan fingerprint density at radius 1 is 1.28 bits per heavy atom. The first-order valence-corrected chi connectivity index (χ1v) is 9.81. The van der Waals surface area contributed by atoms with Crippen LogP contribution in [0.5, 0.6) is 17.2 Å². The fourth-order valence-corrected chi connectivity index (χ4v) is 4.55. The largest absolute Gasteiger partial charge is 0.493 e. The van der Waals surface area contributed by atoms with E-state index in [0.29, 0.717) is 37.8 Å². The molecular formula is C21H15BrClN3O3. The van der Waals surface area contributed by atoms with Crippen molar-refractivity contribution in [1.29, 1.82) is 10.7 Å². The Hall–Kier alpha value is -2.82. The van der Waals surface area contributed by atoms with Crippen LogP contribution in [0.1, 0.15) is 17.0 Å². The summed E-state index contributed by atoms with van der Waals surface area (Å²) in [6.07, 6.45) is 1.64. The van der Waals surface area contributed by atoms with Crippen LogP contribution in [0.3, 0.4) is 0 Å². The normalized spacial score (nSPS) is 18.0. The molecule has 0 amide bonds. The van der Waals surface area contributed by atoms with Gasteiger partial charge >= 0.3 is 0 Å². The number of benzene rings is 2. The van der Waals surface area contributed by atoms with Crippen LogP contribution in [0.2, 0.25) is 5.02 Å². The number of hydrogen-bond acceptors (Lipinski definition) is 6. The molecule has 0 radical (unpaired) electrons. The predicted octanol–water partition coefficient (Wildman–Crippen LogP) is 5.31. The van der Waals surface area contributed by atoms with Gasteiger partial charge in [-0.25, -0.2) is 0 Å². The molecule has 3 aromatic rings. The molecule has 2 atom stereocenters. The van der Waals surface area contributed by atoms with Gasteiger partial charge < -0.3 is 14.2 Å². The molecule has 146 valence electrons. The summed E-state index contributed by atoms with van der Waals surface area (Å²) in [4.78, 5) is 4.40. The van der Waals surface area contributed by atoms with E-state index < -0.39 is 11.8 Å². The molecule has 0 fully saturated rings. The molecule has 0 saturated carbocycles. The van der Waals surface area contributed by atoms with Gasteiger partial charge in [0, 0.05) is 23.1 Å². The predicted molar refractivity (Wildman–Crippen MR) is 113 cm³/mol. The van der Waals surface area contributed by atoms with Crippen molar-refractivity contribution in [3.8, 4) is 23.3 Å². The van der Waals surface area contributed by atoms with Crippen LogP contribution in [-0.2, 0) is 0 Å². The van der Waals surface area contributed by atoms with E-state index in [1.807, 2.05) is 12.1 Å². The van der Waals surface area contributed by atoms with E-state index in [4.69, 9.17) is 31.2 Å².